The Bertz CT molecular complexity index is 981. The van der Waals surface area contributed by atoms with Crippen LogP contribution in [0, 0.1) is 18.3 Å². The quantitative estimate of drug-likeness (QED) is 0.632. The molecule has 0 aliphatic heterocycles. The molecule has 134 valence electrons. The maximum absolute atomic E-state index is 10.1. The topological polar surface area (TPSA) is 78.2 Å². The molecule has 0 aliphatic rings. The van der Waals surface area contributed by atoms with Gasteiger partial charge < -0.3 is 15.2 Å². The summed E-state index contributed by atoms with van der Waals surface area (Å²) in [4.78, 5) is 4.27. The number of ether oxygens (including phenoxy) is 1. The number of rotatable bonds is 3. The monoisotopic (exact) mass is 369 g/mol. The van der Waals surface area contributed by atoms with E-state index in [1.54, 1.807) is 12.1 Å². The van der Waals surface area contributed by atoms with Gasteiger partial charge in [-0.25, -0.2) is 0 Å². The number of phenolic OH excluding ortho intramolecular Hbond substituents is 1. The first kappa shape index (κ1) is 19.4. The molecule has 3 aromatic rings. The van der Waals surface area contributed by atoms with Crippen LogP contribution in [0.5, 0.6) is 11.5 Å². The van der Waals surface area contributed by atoms with E-state index in [9.17, 15) is 10.4 Å². The van der Waals surface area contributed by atoms with Gasteiger partial charge in [0.05, 0.1) is 23.9 Å². The highest BCUT2D eigenvalue weighted by Gasteiger charge is 2.14. The lowest BCUT2D eigenvalue weighted by molar-refractivity contribution is 0.374. The Labute approximate surface area is 157 Å². The number of pyridine rings is 1. The summed E-state index contributed by atoms with van der Waals surface area (Å²) in [6.07, 6.45) is 1.49. The standard InChI is InChI=1S/C18H14ClN3O2.C2H6/c1-10-5-12(19)3-4-14(10)22-18-11(8-20)9-21-15-7-17(24-2)16(23)6-13(15)18;1-2/h3-7,9,23H,1-2H3,(H,21,22);1-2H3. The number of methoxy groups -OCH3 is 1. The molecule has 0 unspecified atom stereocenters. The highest BCUT2D eigenvalue weighted by Crippen LogP contribution is 2.36. The van der Waals surface area contributed by atoms with Crippen molar-refractivity contribution in [1.29, 1.82) is 5.26 Å². The maximum Gasteiger partial charge on any atom is 0.162 e. The number of aromatic hydroxyl groups is 1. The largest absolute Gasteiger partial charge is 0.504 e. The third kappa shape index (κ3) is 3.81. The van der Waals surface area contributed by atoms with Crippen LogP contribution in [0.2, 0.25) is 5.02 Å². The van der Waals surface area contributed by atoms with Gasteiger partial charge >= 0.3 is 0 Å². The van der Waals surface area contributed by atoms with Crippen LogP contribution in [0.4, 0.5) is 11.4 Å². The van der Waals surface area contributed by atoms with Crippen molar-refractivity contribution in [3.63, 3.8) is 0 Å². The number of anilines is 2. The predicted molar refractivity (Wildman–Crippen MR) is 105 cm³/mol. The number of benzene rings is 2. The fourth-order valence-corrected chi connectivity index (χ4v) is 2.72. The van der Waals surface area contributed by atoms with Crippen LogP contribution < -0.4 is 10.1 Å². The number of fused-ring (bicyclic) bond motifs is 1. The van der Waals surface area contributed by atoms with Crippen LogP contribution in [0.15, 0.2) is 36.5 Å². The highest BCUT2D eigenvalue weighted by molar-refractivity contribution is 6.30. The molecule has 0 bridgehead atoms. The molecule has 3 rings (SSSR count). The minimum atomic E-state index is -0.0160. The predicted octanol–water partition coefficient (Wildman–Crippen LogP) is 5.55. The summed E-state index contributed by atoms with van der Waals surface area (Å²) < 4.78 is 5.11. The van der Waals surface area contributed by atoms with Crippen molar-refractivity contribution in [2.45, 2.75) is 20.8 Å². The Kier molecular flexibility index (Phi) is 6.26. The molecule has 0 aliphatic carbocycles. The Morgan fingerprint density at radius 3 is 2.58 bits per heavy atom. The maximum atomic E-state index is 10.1. The van der Waals surface area contributed by atoms with Gasteiger partial charge in [0.25, 0.3) is 0 Å². The average molecular weight is 370 g/mol. The van der Waals surface area contributed by atoms with E-state index >= 15 is 0 Å². The molecule has 5 nitrogen and oxygen atoms in total. The molecule has 2 aromatic carbocycles. The van der Waals surface area contributed by atoms with Crippen LogP contribution >= 0.6 is 11.6 Å². The zero-order valence-corrected chi connectivity index (χ0v) is 15.8. The number of hydrogen-bond acceptors (Lipinski definition) is 5. The van der Waals surface area contributed by atoms with Crippen molar-refractivity contribution in [3.8, 4) is 17.6 Å². The van der Waals surface area contributed by atoms with Crippen molar-refractivity contribution in [3.05, 3.63) is 52.7 Å². The average Bonchev–Trinajstić information content (AvgIpc) is 2.65. The summed E-state index contributed by atoms with van der Waals surface area (Å²) >= 11 is 5.99. The van der Waals surface area contributed by atoms with Gasteiger partial charge in [0.15, 0.2) is 11.5 Å². The van der Waals surface area contributed by atoms with Crippen LogP contribution in [0.1, 0.15) is 25.0 Å². The van der Waals surface area contributed by atoms with Gasteiger partial charge in [0.1, 0.15) is 6.07 Å². The molecule has 6 heteroatoms. The molecule has 0 atom stereocenters. The number of nitrogens with one attached hydrogen (secondary N) is 1. The highest BCUT2D eigenvalue weighted by atomic mass is 35.5. The van der Waals surface area contributed by atoms with Crippen LogP contribution in [-0.2, 0) is 0 Å². The van der Waals surface area contributed by atoms with Crippen LogP contribution in [-0.4, -0.2) is 17.2 Å². The van der Waals surface area contributed by atoms with Gasteiger partial charge in [-0.3, -0.25) is 4.98 Å². The summed E-state index contributed by atoms with van der Waals surface area (Å²) in [5, 5.41) is 24.0. The SMILES string of the molecule is CC.COc1cc2ncc(C#N)c(Nc3ccc(Cl)cc3C)c2cc1O. The van der Waals surface area contributed by atoms with E-state index in [0.29, 0.717) is 32.9 Å². The van der Waals surface area contributed by atoms with E-state index < -0.39 is 0 Å². The van der Waals surface area contributed by atoms with Gasteiger partial charge in [-0.1, -0.05) is 25.4 Å². The summed E-state index contributed by atoms with van der Waals surface area (Å²) in [6, 6.07) is 10.7. The summed E-state index contributed by atoms with van der Waals surface area (Å²) in [5.41, 5.74) is 3.32. The molecule has 0 saturated carbocycles. The Morgan fingerprint density at radius 2 is 1.96 bits per heavy atom. The first-order chi connectivity index (χ1) is 12.5. The Morgan fingerprint density at radius 1 is 1.23 bits per heavy atom. The fraction of sp³-hybridized carbons (Fsp3) is 0.200. The van der Waals surface area contributed by atoms with Gasteiger partial charge in [0.2, 0.25) is 0 Å². The molecule has 0 radical (unpaired) electrons. The van der Waals surface area contributed by atoms with Gasteiger partial charge in [0, 0.05) is 28.4 Å². The van der Waals surface area contributed by atoms with Crippen molar-refractivity contribution in [2.75, 3.05) is 12.4 Å². The first-order valence-corrected chi connectivity index (χ1v) is 8.54. The number of nitriles is 1. The third-order valence-corrected chi connectivity index (χ3v) is 3.97. The molecular weight excluding hydrogens is 350 g/mol. The number of nitrogens with zero attached hydrogens (tertiary/aromatic N) is 2. The second kappa shape index (κ2) is 8.41. The lowest BCUT2D eigenvalue weighted by Crippen LogP contribution is -1.99. The van der Waals surface area contributed by atoms with E-state index in [1.807, 2.05) is 32.9 Å². The molecule has 26 heavy (non-hydrogen) atoms. The van der Waals surface area contributed by atoms with E-state index in [4.69, 9.17) is 16.3 Å². The number of aromatic nitrogens is 1. The number of phenols is 1. The third-order valence-electron chi connectivity index (χ3n) is 3.74. The lowest BCUT2D eigenvalue weighted by atomic mass is 10.1. The zero-order valence-electron chi connectivity index (χ0n) is 15.1. The smallest absolute Gasteiger partial charge is 0.162 e. The number of hydrogen-bond donors (Lipinski definition) is 2. The summed E-state index contributed by atoms with van der Waals surface area (Å²) in [7, 11) is 1.47. The van der Waals surface area contributed by atoms with Gasteiger partial charge in [-0.05, 0) is 36.8 Å². The van der Waals surface area contributed by atoms with E-state index in [-0.39, 0.29) is 5.75 Å². The van der Waals surface area contributed by atoms with E-state index in [0.717, 1.165) is 11.3 Å². The molecule has 1 aromatic heterocycles. The second-order valence-corrected chi connectivity index (χ2v) is 5.72. The molecule has 1 heterocycles. The number of aryl methyl sites for hydroxylation is 1. The van der Waals surface area contributed by atoms with Crippen LogP contribution in [0.25, 0.3) is 10.9 Å². The Balaban J connectivity index is 0.00000117. The first-order valence-electron chi connectivity index (χ1n) is 8.16. The minimum Gasteiger partial charge on any atom is -0.504 e. The van der Waals surface area contributed by atoms with Gasteiger partial charge in [-0.2, -0.15) is 5.26 Å². The zero-order chi connectivity index (χ0) is 19.3. The normalized spacial score (nSPS) is 9.85. The van der Waals surface area contributed by atoms with Crippen molar-refractivity contribution < 1.29 is 9.84 Å². The van der Waals surface area contributed by atoms with Gasteiger partial charge in [-0.15, -0.1) is 0 Å². The summed E-state index contributed by atoms with van der Waals surface area (Å²) in [6.45, 7) is 5.92. The van der Waals surface area contributed by atoms with E-state index in [2.05, 4.69) is 16.4 Å². The molecule has 2 N–H and O–H groups in total. The summed E-state index contributed by atoms with van der Waals surface area (Å²) in [5.74, 6) is 0.311. The second-order valence-electron chi connectivity index (χ2n) is 5.28. The van der Waals surface area contributed by atoms with E-state index in [1.165, 1.54) is 19.4 Å². The molecule has 0 spiro atoms. The molecule has 0 saturated heterocycles. The van der Waals surface area contributed by atoms with Crippen molar-refractivity contribution >= 4 is 33.9 Å². The molecule has 0 fully saturated rings. The lowest BCUT2D eigenvalue weighted by Gasteiger charge is -2.14. The van der Waals surface area contributed by atoms with Crippen molar-refractivity contribution in [2.24, 2.45) is 0 Å². The van der Waals surface area contributed by atoms with Crippen molar-refractivity contribution in [1.82, 2.24) is 4.98 Å². The van der Waals surface area contributed by atoms with Crippen LogP contribution in [0.3, 0.4) is 0 Å². The molecule has 0 amide bonds. The minimum absolute atomic E-state index is 0.0160. The number of halogens is 1. The molecular formula is C20H20ClN3O2. The fourth-order valence-electron chi connectivity index (χ4n) is 2.49. The Hall–Kier alpha value is -2.97.